The summed E-state index contributed by atoms with van der Waals surface area (Å²) in [6, 6.07) is 15.3. The largest absolute Gasteiger partial charge is 0.461 e. The quantitative estimate of drug-likeness (QED) is 0.714. The highest BCUT2D eigenvalue weighted by Gasteiger charge is 2.19. The topological polar surface area (TPSA) is 42.1 Å². The van der Waals surface area contributed by atoms with Gasteiger partial charge in [-0.15, -0.1) is 0 Å². The molecule has 21 heavy (non-hydrogen) atoms. The highest BCUT2D eigenvalue weighted by molar-refractivity contribution is 6.37. The Morgan fingerprint density at radius 3 is 2.62 bits per heavy atom. The lowest BCUT2D eigenvalue weighted by Crippen LogP contribution is -2.05. The Hall–Kier alpha value is -2.26. The first-order valence-electron chi connectivity index (χ1n) is 6.75. The summed E-state index contributed by atoms with van der Waals surface area (Å²) in [6.07, 6.45) is 0. The van der Waals surface area contributed by atoms with Crippen molar-refractivity contribution in [3.63, 3.8) is 0 Å². The number of esters is 1. The monoisotopic (exact) mass is 299 g/mol. The van der Waals surface area contributed by atoms with E-state index in [0.717, 1.165) is 22.0 Å². The Kier molecular flexibility index (Phi) is 3.67. The molecule has 0 saturated heterocycles. The number of aromatic amines is 1. The third kappa shape index (κ3) is 2.41. The molecule has 0 saturated carbocycles. The Balaban J connectivity index is 2.28. The number of aromatic nitrogens is 1. The van der Waals surface area contributed by atoms with Gasteiger partial charge in [0.1, 0.15) is 5.69 Å². The molecular formula is C17H14ClNO2. The predicted octanol–water partition coefficient (Wildman–Crippen LogP) is 4.67. The van der Waals surface area contributed by atoms with Gasteiger partial charge in [-0.2, -0.15) is 0 Å². The van der Waals surface area contributed by atoms with Gasteiger partial charge in [-0.05, 0) is 18.6 Å². The molecule has 3 aromatic rings. The van der Waals surface area contributed by atoms with Gasteiger partial charge in [-0.25, -0.2) is 4.79 Å². The summed E-state index contributed by atoms with van der Waals surface area (Å²) in [6.45, 7) is 2.12. The van der Waals surface area contributed by atoms with E-state index in [-0.39, 0.29) is 5.97 Å². The maximum atomic E-state index is 12.1. The van der Waals surface area contributed by atoms with Gasteiger partial charge in [-0.1, -0.05) is 54.1 Å². The van der Waals surface area contributed by atoms with Crippen molar-refractivity contribution in [3.05, 3.63) is 59.2 Å². The van der Waals surface area contributed by atoms with Gasteiger partial charge in [0, 0.05) is 10.8 Å². The summed E-state index contributed by atoms with van der Waals surface area (Å²) >= 11 is 6.34. The highest BCUT2D eigenvalue weighted by atomic mass is 35.5. The molecule has 0 aliphatic carbocycles. The number of hydrogen-bond acceptors (Lipinski definition) is 2. The average molecular weight is 300 g/mol. The number of benzene rings is 2. The number of H-pyrrole nitrogens is 1. The van der Waals surface area contributed by atoms with E-state index in [9.17, 15) is 4.79 Å². The summed E-state index contributed by atoms with van der Waals surface area (Å²) in [5.41, 5.74) is 2.25. The van der Waals surface area contributed by atoms with E-state index in [1.165, 1.54) is 0 Å². The zero-order valence-electron chi connectivity index (χ0n) is 11.5. The minimum absolute atomic E-state index is 0.334. The maximum Gasteiger partial charge on any atom is 0.355 e. The van der Waals surface area contributed by atoms with Crippen molar-refractivity contribution in [2.45, 2.75) is 6.92 Å². The van der Waals surface area contributed by atoms with Crippen LogP contribution in [0.5, 0.6) is 0 Å². The summed E-state index contributed by atoms with van der Waals surface area (Å²) < 4.78 is 5.11. The van der Waals surface area contributed by atoms with Crippen LogP contribution in [-0.4, -0.2) is 17.6 Å². The smallest absolute Gasteiger partial charge is 0.355 e. The van der Waals surface area contributed by atoms with Crippen molar-refractivity contribution < 1.29 is 9.53 Å². The van der Waals surface area contributed by atoms with Crippen molar-refractivity contribution >= 4 is 28.3 Å². The number of carbonyl (C=O) groups excluding carboxylic acids is 1. The second-order valence-electron chi connectivity index (χ2n) is 4.62. The van der Waals surface area contributed by atoms with Gasteiger partial charge in [0.15, 0.2) is 0 Å². The third-order valence-electron chi connectivity index (χ3n) is 3.32. The minimum Gasteiger partial charge on any atom is -0.461 e. The van der Waals surface area contributed by atoms with Crippen LogP contribution >= 0.6 is 11.6 Å². The van der Waals surface area contributed by atoms with E-state index in [1.54, 1.807) is 6.92 Å². The first-order chi connectivity index (χ1) is 10.2. The number of carbonyl (C=O) groups is 1. The van der Waals surface area contributed by atoms with E-state index < -0.39 is 0 Å². The predicted molar refractivity (Wildman–Crippen MR) is 84.7 cm³/mol. The Morgan fingerprint density at radius 1 is 1.14 bits per heavy atom. The lowest BCUT2D eigenvalue weighted by molar-refractivity contribution is 0.0522. The van der Waals surface area contributed by atoms with Gasteiger partial charge >= 0.3 is 5.97 Å². The van der Waals surface area contributed by atoms with Crippen LogP contribution in [0.1, 0.15) is 17.4 Å². The second kappa shape index (κ2) is 5.62. The van der Waals surface area contributed by atoms with E-state index >= 15 is 0 Å². The molecule has 0 spiro atoms. The van der Waals surface area contributed by atoms with Crippen molar-refractivity contribution in [2.24, 2.45) is 0 Å². The van der Waals surface area contributed by atoms with Crippen LogP contribution in [0.4, 0.5) is 0 Å². The minimum atomic E-state index is -0.369. The normalized spacial score (nSPS) is 10.8. The Labute approximate surface area is 127 Å². The molecule has 0 aliphatic heterocycles. The molecule has 0 bridgehead atoms. The maximum absolute atomic E-state index is 12.1. The van der Waals surface area contributed by atoms with Crippen LogP contribution in [0, 0.1) is 0 Å². The van der Waals surface area contributed by atoms with Crippen molar-refractivity contribution in [2.75, 3.05) is 6.61 Å². The summed E-state index contributed by atoms with van der Waals surface area (Å²) in [7, 11) is 0. The van der Waals surface area contributed by atoms with E-state index in [1.807, 2.05) is 48.5 Å². The second-order valence-corrected chi connectivity index (χ2v) is 5.03. The van der Waals surface area contributed by atoms with E-state index in [0.29, 0.717) is 17.3 Å². The molecule has 0 amide bonds. The molecule has 1 heterocycles. The number of fused-ring (bicyclic) bond motifs is 1. The van der Waals surface area contributed by atoms with E-state index in [4.69, 9.17) is 16.3 Å². The lowest BCUT2D eigenvalue weighted by Gasteiger charge is -2.00. The fourth-order valence-electron chi connectivity index (χ4n) is 2.43. The molecule has 3 nitrogen and oxygen atoms in total. The Bertz CT molecular complexity index is 793. The fourth-order valence-corrected chi connectivity index (χ4v) is 2.70. The standard InChI is InChI=1S/C17H14ClNO2/c1-2-21-17(20)16-12-9-6-10-13(18)14(12)15(19-16)11-7-4-3-5-8-11/h3-10,19H,2H2,1H3. The van der Waals surface area contributed by atoms with Gasteiger partial charge in [-0.3, -0.25) is 0 Å². The highest BCUT2D eigenvalue weighted by Crippen LogP contribution is 2.35. The van der Waals surface area contributed by atoms with Gasteiger partial charge in [0.05, 0.1) is 17.3 Å². The van der Waals surface area contributed by atoms with Crippen LogP contribution in [0.25, 0.3) is 22.0 Å². The molecule has 0 fully saturated rings. The average Bonchev–Trinajstić information content (AvgIpc) is 2.89. The number of halogens is 1. The van der Waals surface area contributed by atoms with E-state index in [2.05, 4.69) is 4.98 Å². The van der Waals surface area contributed by atoms with Crippen LogP contribution in [0.2, 0.25) is 5.02 Å². The molecule has 0 unspecified atom stereocenters. The number of hydrogen-bond donors (Lipinski definition) is 1. The zero-order chi connectivity index (χ0) is 14.8. The van der Waals surface area contributed by atoms with Gasteiger partial charge in [0.2, 0.25) is 0 Å². The number of ether oxygens (including phenoxy) is 1. The van der Waals surface area contributed by atoms with Crippen LogP contribution < -0.4 is 0 Å². The van der Waals surface area contributed by atoms with Crippen molar-refractivity contribution in [1.82, 2.24) is 4.98 Å². The van der Waals surface area contributed by atoms with Crippen LogP contribution in [0.15, 0.2) is 48.5 Å². The van der Waals surface area contributed by atoms with Crippen LogP contribution in [0.3, 0.4) is 0 Å². The first kappa shape index (κ1) is 13.7. The summed E-state index contributed by atoms with van der Waals surface area (Å²) in [4.78, 5) is 15.3. The molecule has 0 aliphatic rings. The molecule has 0 atom stereocenters. The van der Waals surface area contributed by atoms with Gasteiger partial charge in [0.25, 0.3) is 0 Å². The molecule has 2 aromatic carbocycles. The molecule has 3 rings (SSSR count). The van der Waals surface area contributed by atoms with Crippen LogP contribution in [-0.2, 0) is 4.74 Å². The van der Waals surface area contributed by atoms with Crippen molar-refractivity contribution in [1.29, 1.82) is 0 Å². The molecule has 106 valence electrons. The molecule has 1 aromatic heterocycles. The molecule has 0 radical (unpaired) electrons. The zero-order valence-corrected chi connectivity index (χ0v) is 12.3. The third-order valence-corrected chi connectivity index (χ3v) is 3.64. The summed E-state index contributed by atoms with van der Waals surface area (Å²) in [5, 5.41) is 2.23. The molecule has 4 heteroatoms. The molecule has 1 N–H and O–H groups in total. The number of nitrogens with one attached hydrogen (secondary N) is 1. The fraction of sp³-hybridized carbons (Fsp3) is 0.118. The Morgan fingerprint density at radius 2 is 1.90 bits per heavy atom. The van der Waals surface area contributed by atoms with Gasteiger partial charge < -0.3 is 9.72 Å². The first-order valence-corrected chi connectivity index (χ1v) is 7.13. The van der Waals surface area contributed by atoms with Crippen molar-refractivity contribution in [3.8, 4) is 11.3 Å². The number of rotatable bonds is 3. The summed E-state index contributed by atoms with van der Waals surface area (Å²) in [5.74, 6) is -0.369. The SMILES string of the molecule is CCOC(=O)c1[nH]c(-c2ccccc2)c2c(Cl)cccc12. The lowest BCUT2D eigenvalue weighted by atomic mass is 10.1. The molecular weight excluding hydrogens is 286 g/mol.